The first-order valence-corrected chi connectivity index (χ1v) is 9.12. The van der Waals surface area contributed by atoms with E-state index in [4.69, 9.17) is 4.74 Å². The number of urea groups is 1. The van der Waals surface area contributed by atoms with Crippen molar-refractivity contribution in [3.8, 4) is 5.75 Å². The van der Waals surface area contributed by atoms with Gasteiger partial charge in [-0.05, 0) is 55.2 Å². The molecule has 1 saturated heterocycles. The van der Waals surface area contributed by atoms with Gasteiger partial charge in [-0.2, -0.15) is 0 Å². The number of pyridine rings is 1. The lowest BCUT2D eigenvalue weighted by atomic mass is 9.97. The maximum Gasteiger partial charge on any atom is 0.325 e. The molecule has 27 heavy (non-hydrogen) atoms. The SMILES string of the molecule is Cc1cc(OCCN2C(=O)NC(C)(c3ccccn3)C2=O)ccc1C(C)C. The van der Waals surface area contributed by atoms with Crippen molar-refractivity contribution in [2.45, 2.75) is 39.2 Å². The Balaban J connectivity index is 1.64. The van der Waals surface area contributed by atoms with Gasteiger partial charge in [0.25, 0.3) is 5.91 Å². The lowest BCUT2D eigenvalue weighted by Crippen LogP contribution is -2.42. The van der Waals surface area contributed by atoms with E-state index in [2.05, 4.69) is 37.1 Å². The van der Waals surface area contributed by atoms with Gasteiger partial charge < -0.3 is 10.1 Å². The molecule has 0 radical (unpaired) electrons. The van der Waals surface area contributed by atoms with Gasteiger partial charge in [0.2, 0.25) is 0 Å². The summed E-state index contributed by atoms with van der Waals surface area (Å²) >= 11 is 0. The number of rotatable bonds is 6. The minimum Gasteiger partial charge on any atom is -0.492 e. The minimum atomic E-state index is -1.14. The van der Waals surface area contributed by atoms with Crippen molar-refractivity contribution in [1.82, 2.24) is 15.2 Å². The summed E-state index contributed by atoms with van der Waals surface area (Å²) in [6, 6.07) is 10.8. The van der Waals surface area contributed by atoms with Gasteiger partial charge in [0.1, 0.15) is 12.4 Å². The number of benzene rings is 1. The van der Waals surface area contributed by atoms with Gasteiger partial charge in [-0.25, -0.2) is 4.79 Å². The monoisotopic (exact) mass is 367 g/mol. The number of nitrogens with zero attached hydrogens (tertiary/aromatic N) is 2. The second kappa shape index (κ2) is 7.39. The molecular formula is C21H25N3O3. The van der Waals surface area contributed by atoms with Gasteiger partial charge in [0, 0.05) is 6.20 Å². The minimum absolute atomic E-state index is 0.179. The van der Waals surface area contributed by atoms with E-state index in [9.17, 15) is 9.59 Å². The third-order valence-electron chi connectivity index (χ3n) is 4.90. The number of amides is 3. The Kier molecular flexibility index (Phi) is 5.17. The Morgan fingerprint density at radius 3 is 2.63 bits per heavy atom. The average Bonchev–Trinajstić information content (AvgIpc) is 2.86. The fourth-order valence-electron chi connectivity index (χ4n) is 3.37. The fraction of sp³-hybridized carbons (Fsp3) is 0.381. The summed E-state index contributed by atoms with van der Waals surface area (Å²) in [5.41, 5.74) is 1.82. The van der Waals surface area contributed by atoms with E-state index < -0.39 is 11.6 Å². The lowest BCUT2D eigenvalue weighted by molar-refractivity contribution is -0.131. The number of hydrogen-bond acceptors (Lipinski definition) is 4. The quantitative estimate of drug-likeness (QED) is 0.795. The highest BCUT2D eigenvalue weighted by atomic mass is 16.5. The molecule has 3 amide bonds. The number of aromatic nitrogens is 1. The van der Waals surface area contributed by atoms with Crippen LogP contribution in [0.15, 0.2) is 42.6 Å². The molecule has 0 spiro atoms. The van der Waals surface area contributed by atoms with Crippen LogP contribution in [0.25, 0.3) is 0 Å². The van der Waals surface area contributed by atoms with Gasteiger partial charge in [-0.1, -0.05) is 26.0 Å². The molecule has 6 heteroatoms. The van der Waals surface area contributed by atoms with Crippen LogP contribution < -0.4 is 10.1 Å². The summed E-state index contributed by atoms with van der Waals surface area (Å²) in [6.45, 7) is 8.44. The summed E-state index contributed by atoms with van der Waals surface area (Å²) < 4.78 is 5.76. The van der Waals surface area contributed by atoms with E-state index in [-0.39, 0.29) is 19.1 Å². The van der Waals surface area contributed by atoms with E-state index in [0.717, 1.165) is 5.75 Å². The predicted octanol–water partition coefficient (Wildman–Crippen LogP) is 3.36. The Labute approximate surface area is 159 Å². The Morgan fingerprint density at radius 1 is 1.22 bits per heavy atom. The third kappa shape index (κ3) is 3.65. The number of carbonyl (C=O) groups excluding carboxylic acids is 2. The summed E-state index contributed by atoms with van der Waals surface area (Å²) in [6.07, 6.45) is 1.61. The summed E-state index contributed by atoms with van der Waals surface area (Å²) in [5.74, 6) is 0.867. The van der Waals surface area contributed by atoms with Gasteiger partial charge in [0.05, 0.1) is 12.2 Å². The van der Waals surface area contributed by atoms with Crippen molar-refractivity contribution in [2.24, 2.45) is 0 Å². The van der Waals surface area contributed by atoms with Crippen LogP contribution >= 0.6 is 0 Å². The highest BCUT2D eigenvalue weighted by molar-refractivity contribution is 6.06. The lowest BCUT2D eigenvalue weighted by Gasteiger charge is -2.21. The van der Waals surface area contributed by atoms with Gasteiger partial charge in [0.15, 0.2) is 5.54 Å². The average molecular weight is 367 g/mol. The molecule has 1 fully saturated rings. The van der Waals surface area contributed by atoms with Crippen molar-refractivity contribution in [2.75, 3.05) is 13.2 Å². The molecule has 1 N–H and O–H groups in total. The first-order chi connectivity index (χ1) is 12.8. The van der Waals surface area contributed by atoms with E-state index in [1.54, 1.807) is 31.3 Å². The second-order valence-electron chi connectivity index (χ2n) is 7.25. The molecular weight excluding hydrogens is 342 g/mol. The molecule has 3 rings (SSSR count). The first kappa shape index (κ1) is 18.9. The molecule has 1 aliphatic heterocycles. The summed E-state index contributed by atoms with van der Waals surface area (Å²) in [4.78, 5) is 30.5. The molecule has 2 aromatic rings. The second-order valence-corrected chi connectivity index (χ2v) is 7.25. The van der Waals surface area contributed by atoms with Crippen LogP contribution in [0.4, 0.5) is 4.79 Å². The normalized spacial score (nSPS) is 19.5. The van der Waals surface area contributed by atoms with Crippen LogP contribution in [0.5, 0.6) is 5.75 Å². The third-order valence-corrected chi connectivity index (χ3v) is 4.90. The number of carbonyl (C=O) groups is 2. The maximum atomic E-state index is 12.8. The van der Waals surface area contributed by atoms with E-state index in [0.29, 0.717) is 11.6 Å². The van der Waals surface area contributed by atoms with Crippen LogP contribution in [-0.4, -0.2) is 35.0 Å². The molecule has 1 aromatic carbocycles. The van der Waals surface area contributed by atoms with Crippen molar-refractivity contribution in [1.29, 1.82) is 0 Å². The standard InChI is InChI=1S/C21H25N3O3/c1-14(2)17-9-8-16(13-15(17)3)27-12-11-24-19(25)21(4,23-20(24)26)18-7-5-6-10-22-18/h5-10,13-14H,11-12H2,1-4H3,(H,23,26). The topological polar surface area (TPSA) is 71.5 Å². The fourth-order valence-corrected chi connectivity index (χ4v) is 3.37. The zero-order valence-corrected chi connectivity index (χ0v) is 16.2. The highest BCUT2D eigenvalue weighted by Gasteiger charge is 2.49. The van der Waals surface area contributed by atoms with Gasteiger partial charge >= 0.3 is 6.03 Å². The molecule has 1 unspecified atom stereocenters. The predicted molar refractivity (Wildman–Crippen MR) is 103 cm³/mol. The first-order valence-electron chi connectivity index (χ1n) is 9.12. The number of aryl methyl sites for hydroxylation is 1. The maximum absolute atomic E-state index is 12.8. The zero-order valence-electron chi connectivity index (χ0n) is 16.2. The van der Waals surface area contributed by atoms with Crippen LogP contribution in [0.1, 0.15) is 43.5 Å². The Hall–Kier alpha value is -2.89. The van der Waals surface area contributed by atoms with E-state index in [1.807, 2.05) is 12.1 Å². The molecule has 142 valence electrons. The smallest absolute Gasteiger partial charge is 0.325 e. The largest absolute Gasteiger partial charge is 0.492 e. The molecule has 0 saturated carbocycles. The molecule has 6 nitrogen and oxygen atoms in total. The molecule has 1 atom stereocenters. The highest BCUT2D eigenvalue weighted by Crippen LogP contribution is 2.27. The Morgan fingerprint density at radius 2 is 2.00 bits per heavy atom. The zero-order chi connectivity index (χ0) is 19.6. The summed E-state index contributed by atoms with van der Waals surface area (Å²) in [7, 11) is 0. The van der Waals surface area contributed by atoms with Crippen LogP contribution in [0.2, 0.25) is 0 Å². The van der Waals surface area contributed by atoms with Crippen molar-refractivity contribution in [3.63, 3.8) is 0 Å². The van der Waals surface area contributed by atoms with Gasteiger partial charge in [-0.3, -0.25) is 14.7 Å². The van der Waals surface area contributed by atoms with Crippen molar-refractivity contribution in [3.05, 3.63) is 59.4 Å². The van der Waals surface area contributed by atoms with Crippen LogP contribution in [-0.2, 0) is 10.3 Å². The number of hydrogen-bond donors (Lipinski definition) is 1. The van der Waals surface area contributed by atoms with Crippen molar-refractivity contribution >= 4 is 11.9 Å². The number of imide groups is 1. The molecule has 1 aliphatic rings. The van der Waals surface area contributed by atoms with E-state index >= 15 is 0 Å². The molecule has 0 aliphatic carbocycles. The van der Waals surface area contributed by atoms with Crippen molar-refractivity contribution < 1.29 is 14.3 Å². The summed E-state index contributed by atoms with van der Waals surface area (Å²) in [5, 5.41) is 2.74. The molecule has 2 heterocycles. The molecule has 0 bridgehead atoms. The van der Waals surface area contributed by atoms with Gasteiger partial charge in [-0.15, -0.1) is 0 Å². The number of nitrogens with one attached hydrogen (secondary N) is 1. The number of ether oxygens (including phenoxy) is 1. The van der Waals surface area contributed by atoms with E-state index in [1.165, 1.54) is 16.0 Å². The Bertz CT molecular complexity index is 851. The van der Waals surface area contributed by atoms with Crippen LogP contribution in [0.3, 0.4) is 0 Å². The van der Waals surface area contributed by atoms with Crippen LogP contribution in [0, 0.1) is 6.92 Å². The molecule has 1 aromatic heterocycles.